The third-order valence-corrected chi connectivity index (χ3v) is 4.04. The topological polar surface area (TPSA) is 75.7 Å². The number of Topliss-reactive ketones (excluding diaryl/α,β-unsaturated/α-hetero) is 1. The minimum Gasteiger partial charge on any atom is -0.452 e. The zero-order valence-corrected chi connectivity index (χ0v) is 15.8. The molecule has 0 heterocycles. The predicted molar refractivity (Wildman–Crippen MR) is 104 cm³/mol. The SMILES string of the molecule is CC(=O)[C@H](Cc1ccccc1)NC(=O)COC(=O)c1cccc(N(C)C)c1. The molecule has 0 aliphatic heterocycles. The zero-order chi connectivity index (χ0) is 19.8. The third-order valence-electron chi connectivity index (χ3n) is 4.04. The van der Waals surface area contributed by atoms with Gasteiger partial charge in [-0.3, -0.25) is 9.59 Å². The number of nitrogens with zero attached hydrogens (tertiary/aromatic N) is 1. The Hall–Kier alpha value is -3.15. The van der Waals surface area contributed by atoms with Crippen molar-refractivity contribution >= 4 is 23.3 Å². The van der Waals surface area contributed by atoms with E-state index in [1.54, 1.807) is 18.2 Å². The van der Waals surface area contributed by atoms with Crippen LogP contribution in [0.4, 0.5) is 5.69 Å². The van der Waals surface area contributed by atoms with E-state index in [2.05, 4.69) is 5.32 Å². The van der Waals surface area contributed by atoms with Crippen molar-refractivity contribution < 1.29 is 19.1 Å². The monoisotopic (exact) mass is 368 g/mol. The summed E-state index contributed by atoms with van der Waals surface area (Å²) < 4.78 is 5.07. The number of esters is 1. The molecule has 0 unspecified atom stereocenters. The van der Waals surface area contributed by atoms with Gasteiger partial charge in [-0.2, -0.15) is 0 Å². The van der Waals surface area contributed by atoms with Gasteiger partial charge in [0.1, 0.15) is 0 Å². The van der Waals surface area contributed by atoms with E-state index in [1.807, 2.05) is 55.4 Å². The minimum atomic E-state index is -0.657. The van der Waals surface area contributed by atoms with Crippen LogP contribution in [0.25, 0.3) is 0 Å². The molecule has 0 spiro atoms. The Morgan fingerprint density at radius 1 is 1.04 bits per heavy atom. The van der Waals surface area contributed by atoms with Gasteiger partial charge in [-0.25, -0.2) is 4.79 Å². The van der Waals surface area contributed by atoms with Gasteiger partial charge < -0.3 is 15.0 Å². The molecule has 1 atom stereocenters. The van der Waals surface area contributed by atoms with E-state index >= 15 is 0 Å². The van der Waals surface area contributed by atoms with Crippen molar-refractivity contribution in [3.05, 3.63) is 65.7 Å². The molecule has 2 rings (SSSR count). The molecule has 0 aliphatic carbocycles. The first-order valence-corrected chi connectivity index (χ1v) is 8.65. The summed E-state index contributed by atoms with van der Waals surface area (Å²) in [5.74, 6) is -1.25. The predicted octanol–water partition coefficient (Wildman–Crippen LogP) is 2.23. The van der Waals surface area contributed by atoms with Gasteiger partial charge in [-0.1, -0.05) is 36.4 Å². The lowest BCUT2D eigenvalue weighted by molar-refractivity contribution is -0.128. The smallest absolute Gasteiger partial charge is 0.338 e. The van der Waals surface area contributed by atoms with Crippen molar-refractivity contribution in [1.29, 1.82) is 0 Å². The molecule has 0 saturated heterocycles. The van der Waals surface area contributed by atoms with E-state index < -0.39 is 24.5 Å². The first-order chi connectivity index (χ1) is 12.9. The highest BCUT2D eigenvalue weighted by Crippen LogP contribution is 2.14. The fraction of sp³-hybridized carbons (Fsp3) is 0.286. The molecule has 0 fully saturated rings. The Balaban J connectivity index is 1.91. The number of carbonyl (C=O) groups is 3. The summed E-state index contributed by atoms with van der Waals surface area (Å²) in [6.07, 6.45) is 0.390. The molecule has 0 aliphatic rings. The van der Waals surface area contributed by atoms with E-state index in [9.17, 15) is 14.4 Å². The number of hydrogen-bond acceptors (Lipinski definition) is 5. The minimum absolute atomic E-state index is 0.155. The number of amides is 1. The van der Waals surface area contributed by atoms with Crippen LogP contribution >= 0.6 is 0 Å². The van der Waals surface area contributed by atoms with Crippen LogP contribution in [0.3, 0.4) is 0 Å². The van der Waals surface area contributed by atoms with Crippen LogP contribution in [0.5, 0.6) is 0 Å². The molecular formula is C21H24N2O4. The second-order valence-electron chi connectivity index (χ2n) is 6.44. The molecule has 0 bridgehead atoms. The van der Waals surface area contributed by atoms with Gasteiger partial charge in [-0.05, 0) is 37.1 Å². The van der Waals surface area contributed by atoms with Crippen molar-refractivity contribution in [2.24, 2.45) is 0 Å². The molecular weight excluding hydrogens is 344 g/mol. The summed E-state index contributed by atoms with van der Waals surface area (Å²) in [4.78, 5) is 37.9. The van der Waals surface area contributed by atoms with E-state index in [4.69, 9.17) is 4.74 Å². The summed E-state index contributed by atoms with van der Waals surface area (Å²) in [5, 5.41) is 2.63. The molecule has 0 radical (unpaired) electrons. The lowest BCUT2D eigenvalue weighted by atomic mass is 10.0. The van der Waals surface area contributed by atoms with Gasteiger partial charge in [0.05, 0.1) is 11.6 Å². The highest BCUT2D eigenvalue weighted by atomic mass is 16.5. The maximum atomic E-state index is 12.1. The van der Waals surface area contributed by atoms with Crippen molar-refractivity contribution in [2.75, 3.05) is 25.6 Å². The normalized spacial score (nSPS) is 11.4. The maximum Gasteiger partial charge on any atom is 0.338 e. The first-order valence-electron chi connectivity index (χ1n) is 8.65. The molecule has 2 aromatic rings. The number of benzene rings is 2. The molecule has 2 aromatic carbocycles. The summed E-state index contributed by atoms with van der Waals surface area (Å²) in [5.41, 5.74) is 2.16. The number of nitrogens with one attached hydrogen (secondary N) is 1. The van der Waals surface area contributed by atoms with Gasteiger partial charge in [0.15, 0.2) is 12.4 Å². The maximum absolute atomic E-state index is 12.1. The molecule has 142 valence electrons. The summed E-state index contributed by atoms with van der Waals surface area (Å²) >= 11 is 0. The third kappa shape index (κ3) is 6.26. The van der Waals surface area contributed by atoms with E-state index in [1.165, 1.54) is 6.92 Å². The number of hydrogen-bond donors (Lipinski definition) is 1. The molecule has 6 nitrogen and oxygen atoms in total. The number of rotatable bonds is 8. The zero-order valence-electron chi connectivity index (χ0n) is 15.8. The van der Waals surface area contributed by atoms with E-state index in [0.29, 0.717) is 12.0 Å². The lowest BCUT2D eigenvalue weighted by Crippen LogP contribution is -2.43. The fourth-order valence-electron chi connectivity index (χ4n) is 2.51. The van der Waals surface area contributed by atoms with Gasteiger partial charge in [0.25, 0.3) is 5.91 Å². The largest absolute Gasteiger partial charge is 0.452 e. The quantitative estimate of drug-likeness (QED) is 0.723. The van der Waals surface area contributed by atoms with Crippen LogP contribution in [0.15, 0.2) is 54.6 Å². The van der Waals surface area contributed by atoms with Gasteiger partial charge in [-0.15, -0.1) is 0 Å². The second-order valence-corrected chi connectivity index (χ2v) is 6.44. The van der Waals surface area contributed by atoms with E-state index in [0.717, 1.165) is 11.3 Å². The number of carbonyl (C=O) groups excluding carboxylic acids is 3. The summed E-state index contributed by atoms with van der Waals surface area (Å²) in [7, 11) is 3.74. The van der Waals surface area contributed by atoms with Gasteiger partial charge in [0.2, 0.25) is 0 Å². The van der Waals surface area contributed by atoms with Crippen molar-refractivity contribution in [2.45, 2.75) is 19.4 Å². The standard InChI is InChI=1S/C21H24N2O4/c1-15(24)19(12-16-8-5-4-6-9-16)22-20(25)14-27-21(26)17-10-7-11-18(13-17)23(2)3/h4-11,13,19H,12,14H2,1-3H3,(H,22,25)/t19-/m0/s1. The average molecular weight is 368 g/mol. The van der Waals surface area contributed by atoms with Crippen LogP contribution in [-0.2, 0) is 20.7 Å². The fourth-order valence-corrected chi connectivity index (χ4v) is 2.51. The summed E-state index contributed by atoms with van der Waals surface area (Å²) in [6.45, 7) is 0.982. The summed E-state index contributed by atoms with van der Waals surface area (Å²) in [6, 6.07) is 15.7. The number of ketones is 1. The Morgan fingerprint density at radius 2 is 1.74 bits per heavy atom. The molecule has 27 heavy (non-hydrogen) atoms. The van der Waals surface area contributed by atoms with E-state index in [-0.39, 0.29) is 5.78 Å². The highest BCUT2D eigenvalue weighted by molar-refractivity contribution is 5.93. The highest BCUT2D eigenvalue weighted by Gasteiger charge is 2.19. The molecule has 1 amide bonds. The van der Waals surface area contributed by atoms with Crippen molar-refractivity contribution in [3.8, 4) is 0 Å². The second kappa shape index (κ2) is 9.52. The van der Waals surface area contributed by atoms with Crippen LogP contribution in [-0.4, -0.2) is 44.4 Å². The van der Waals surface area contributed by atoms with Crippen molar-refractivity contribution in [3.63, 3.8) is 0 Å². The molecule has 0 aromatic heterocycles. The Labute approximate surface area is 159 Å². The number of anilines is 1. The Morgan fingerprint density at radius 3 is 2.37 bits per heavy atom. The average Bonchev–Trinajstić information content (AvgIpc) is 2.66. The lowest BCUT2D eigenvalue weighted by Gasteiger charge is -2.16. The van der Waals surface area contributed by atoms with Crippen LogP contribution in [0, 0.1) is 0 Å². The Kier molecular flexibility index (Phi) is 7.11. The van der Waals surface area contributed by atoms with Gasteiger partial charge in [0, 0.05) is 19.8 Å². The molecule has 6 heteroatoms. The molecule has 1 N–H and O–H groups in total. The van der Waals surface area contributed by atoms with Crippen molar-refractivity contribution in [1.82, 2.24) is 5.32 Å². The van der Waals surface area contributed by atoms with Crippen LogP contribution < -0.4 is 10.2 Å². The van der Waals surface area contributed by atoms with Crippen LogP contribution in [0.2, 0.25) is 0 Å². The van der Waals surface area contributed by atoms with Gasteiger partial charge >= 0.3 is 5.97 Å². The first kappa shape index (κ1) is 20.2. The molecule has 0 saturated carbocycles. The number of ether oxygens (including phenoxy) is 1. The Bertz CT molecular complexity index is 803. The van der Waals surface area contributed by atoms with Crippen LogP contribution in [0.1, 0.15) is 22.8 Å².